The van der Waals surface area contributed by atoms with Gasteiger partial charge in [0.05, 0.1) is 24.4 Å². The topological polar surface area (TPSA) is 77.4 Å². The molecule has 6 atom stereocenters. The van der Waals surface area contributed by atoms with Crippen LogP contribution in [0, 0.1) is 0 Å². The van der Waals surface area contributed by atoms with Crippen LogP contribution >= 0.6 is 0 Å². The molecule has 0 radical (unpaired) electrons. The largest absolute Gasteiger partial charge is 0.386 e. The van der Waals surface area contributed by atoms with Gasteiger partial charge in [-0.3, -0.25) is 0 Å². The lowest BCUT2D eigenvalue weighted by Crippen LogP contribution is -2.44. The van der Waals surface area contributed by atoms with E-state index in [0.29, 0.717) is 6.42 Å². The van der Waals surface area contributed by atoms with Crippen LogP contribution in [0.2, 0.25) is 0 Å². The van der Waals surface area contributed by atoms with E-state index in [9.17, 15) is 10.2 Å². The Hall–Kier alpha value is -0.760. The average Bonchev–Trinajstić information content (AvgIpc) is 2.43. The Morgan fingerprint density at radius 2 is 1.26 bits per heavy atom. The lowest BCUT2D eigenvalue weighted by atomic mass is 9.99. The van der Waals surface area contributed by atoms with E-state index >= 15 is 0 Å². The van der Waals surface area contributed by atoms with Crippen LogP contribution in [-0.4, -0.2) is 61.4 Å². The summed E-state index contributed by atoms with van der Waals surface area (Å²) < 4.78 is 21.2. The normalized spacial score (nSPS) is 42.5. The van der Waals surface area contributed by atoms with E-state index in [0.717, 1.165) is 0 Å². The van der Waals surface area contributed by atoms with Gasteiger partial charge < -0.3 is 29.2 Å². The van der Waals surface area contributed by atoms with Gasteiger partial charge in [0, 0.05) is 20.6 Å². The quantitative estimate of drug-likeness (QED) is 0.699. The highest BCUT2D eigenvalue weighted by molar-refractivity contribution is 5.04. The summed E-state index contributed by atoms with van der Waals surface area (Å²) in [5, 5.41) is 19.7. The first-order valence-electron chi connectivity index (χ1n) is 6.23. The number of methoxy groups -OCH3 is 2. The molecular weight excluding hydrogens is 252 g/mol. The summed E-state index contributed by atoms with van der Waals surface area (Å²) >= 11 is 0. The molecule has 0 bridgehead atoms. The van der Waals surface area contributed by atoms with Crippen molar-refractivity contribution in [2.24, 2.45) is 0 Å². The molecule has 1 unspecified atom stereocenters. The molecule has 0 aromatic heterocycles. The van der Waals surface area contributed by atoms with Crippen molar-refractivity contribution in [2.45, 2.75) is 43.4 Å². The van der Waals surface area contributed by atoms with Gasteiger partial charge in [0.2, 0.25) is 0 Å². The number of hydrogen-bond donors (Lipinski definition) is 2. The summed E-state index contributed by atoms with van der Waals surface area (Å²) in [6.45, 7) is 0. The van der Waals surface area contributed by atoms with E-state index in [4.69, 9.17) is 18.9 Å². The standard InChI is InChI=1S/C13H20O6/c1-16-12-5-3-8(14)10(18-12)7-11-9(15)4-6-13(17-2)19-11/h3-6,8-15H,7H2,1-2H3/t8-,9-,10+,11+,12-,13?/m0/s1. The van der Waals surface area contributed by atoms with Crippen molar-refractivity contribution in [2.75, 3.05) is 14.2 Å². The lowest BCUT2D eigenvalue weighted by Gasteiger charge is -2.34. The molecule has 0 saturated heterocycles. The SMILES string of the molecule is COC1C=C[C@H](O)[C@@H](C[C@H]2O[C@H](OC)C=C[C@@H]2O)O1. The van der Waals surface area contributed by atoms with Crippen LogP contribution < -0.4 is 0 Å². The Bertz CT molecular complexity index is 310. The molecule has 0 amide bonds. The maximum absolute atomic E-state index is 9.87. The molecule has 6 heteroatoms. The zero-order chi connectivity index (χ0) is 13.8. The van der Waals surface area contributed by atoms with Crippen LogP contribution in [0.3, 0.4) is 0 Å². The van der Waals surface area contributed by atoms with Crippen LogP contribution in [0.1, 0.15) is 6.42 Å². The van der Waals surface area contributed by atoms with Crippen molar-refractivity contribution < 1.29 is 29.2 Å². The Balaban J connectivity index is 1.96. The maximum atomic E-state index is 9.87. The van der Waals surface area contributed by atoms with Crippen LogP contribution in [0.25, 0.3) is 0 Å². The highest BCUT2D eigenvalue weighted by Gasteiger charge is 2.33. The smallest absolute Gasteiger partial charge is 0.177 e. The third-order valence-electron chi connectivity index (χ3n) is 3.24. The van der Waals surface area contributed by atoms with Gasteiger partial charge >= 0.3 is 0 Å². The van der Waals surface area contributed by atoms with E-state index in [1.54, 1.807) is 24.3 Å². The van der Waals surface area contributed by atoms with Gasteiger partial charge in [-0.05, 0) is 12.2 Å². The fourth-order valence-electron chi connectivity index (χ4n) is 2.14. The highest BCUT2D eigenvalue weighted by Crippen LogP contribution is 2.24. The minimum absolute atomic E-state index is 0.344. The summed E-state index contributed by atoms with van der Waals surface area (Å²) in [6, 6.07) is 0. The fraction of sp³-hybridized carbons (Fsp3) is 0.692. The third-order valence-corrected chi connectivity index (χ3v) is 3.24. The van der Waals surface area contributed by atoms with E-state index < -0.39 is 37.0 Å². The second kappa shape index (κ2) is 6.60. The van der Waals surface area contributed by atoms with Gasteiger partial charge in [-0.2, -0.15) is 0 Å². The zero-order valence-corrected chi connectivity index (χ0v) is 11.0. The lowest BCUT2D eigenvalue weighted by molar-refractivity contribution is -0.197. The molecular formula is C13H20O6. The summed E-state index contributed by atoms with van der Waals surface area (Å²) in [4.78, 5) is 0. The summed E-state index contributed by atoms with van der Waals surface area (Å²) in [5.41, 5.74) is 0. The fourth-order valence-corrected chi connectivity index (χ4v) is 2.14. The van der Waals surface area contributed by atoms with Crippen molar-refractivity contribution >= 4 is 0 Å². The molecule has 0 aromatic carbocycles. The molecule has 19 heavy (non-hydrogen) atoms. The molecule has 2 aliphatic heterocycles. The van der Waals surface area contributed by atoms with Crippen molar-refractivity contribution in [1.29, 1.82) is 0 Å². The predicted molar refractivity (Wildman–Crippen MR) is 66.3 cm³/mol. The third kappa shape index (κ3) is 3.62. The van der Waals surface area contributed by atoms with E-state index in [-0.39, 0.29) is 0 Å². The summed E-state index contributed by atoms with van der Waals surface area (Å²) in [5.74, 6) is 0. The number of ether oxygens (including phenoxy) is 4. The number of rotatable bonds is 4. The zero-order valence-electron chi connectivity index (χ0n) is 11.0. The molecule has 0 aliphatic carbocycles. The Morgan fingerprint density at radius 1 is 0.842 bits per heavy atom. The van der Waals surface area contributed by atoms with Crippen LogP contribution in [0.5, 0.6) is 0 Å². The van der Waals surface area contributed by atoms with Crippen LogP contribution in [0.15, 0.2) is 24.3 Å². The molecule has 2 rings (SSSR count). The molecule has 0 aromatic rings. The van der Waals surface area contributed by atoms with Crippen molar-refractivity contribution in [3.8, 4) is 0 Å². The number of aliphatic hydroxyl groups excluding tert-OH is 2. The van der Waals surface area contributed by atoms with Gasteiger partial charge in [-0.15, -0.1) is 0 Å². The van der Waals surface area contributed by atoms with Crippen molar-refractivity contribution in [3.63, 3.8) is 0 Å². The molecule has 0 saturated carbocycles. The Labute approximate surface area is 112 Å². The maximum Gasteiger partial charge on any atom is 0.177 e. The molecule has 2 heterocycles. The monoisotopic (exact) mass is 272 g/mol. The minimum Gasteiger partial charge on any atom is -0.386 e. The minimum atomic E-state index is -0.742. The van der Waals surface area contributed by atoms with E-state index in [2.05, 4.69) is 0 Å². The Kier molecular flexibility index (Phi) is 5.09. The molecule has 2 aliphatic rings. The molecule has 2 N–H and O–H groups in total. The molecule has 0 fully saturated rings. The second-order valence-electron chi connectivity index (χ2n) is 4.54. The Morgan fingerprint density at radius 3 is 1.63 bits per heavy atom. The van der Waals surface area contributed by atoms with Crippen molar-refractivity contribution in [1.82, 2.24) is 0 Å². The molecule has 6 nitrogen and oxygen atoms in total. The van der Waals surface area contributed by atoms with Gasteiger partial charge in [0.15, 0.2) is 12.6 Å². The van der Waals surface area contributed by atoms with Gasteiger partial charge in [-0.1, -0.05) is 12.2 Å². The van der Waals surface area contributed by atoms with Gasteiger partial charge in [0.1, 0.15) is 0 Å². The summed E-state index contributed by atoms with van der Waals surface area (Å²) in [7, 11) is 3.05. The molecule has 0 spiro atoms. The number of aliphatic hydroxyl groups is 2. The first kappa shape index (κ1) is 14.6. The first-order chi connectivity index (χ1) is 9.13. The summed E-state index contributed by atoms with van der Waals surface area (Å²) in [6.07, 6.45) is 3.47. The van der Waals surface area contributed by atoms with E-state index in [1.165, 1.54) is 14.2 Å². The van der Waals surface area contributed by atoms with Crippen LogP contribution in [-0.2, 0) is 18.9 Å². The van der Waals surface area contributed by atoms with E-state index in [1.807, 2.05) is 0 Å². The number of hydrogen-bond acceptors (Lipinski definition) is 6. The second-order valence-corrected chi connectivity index (χ2v) is 4.54. The van der Waals surface area contributed by atoms with Gasteiger partial charge in [-0.25, -0.2) is 0 Å². The average molecular weight is 272 g/mol. The van der Waals surface area contributed by atoms with Gasteiger partial charge in [0.25, 0.3) is 0 Å². The highest BCUT2D eigenvalue weighted by atomic mass is 16.7. The first-order valence-corrected chi connectivity index (χ1v) is 6.23. The van der Waals surface area contributed by atoms with Crippen molar-refractivity contribution in [3.05, 3.63) is 24.3 Å². The molecule has 108 valence electrons. The van der Waals surface area contributed by atoms with Crippen LogP contribution in [0.4, 0.5) is 0 Å². The predicted octanol–water partition coefficient (Wildman–Crippen LogP) is -0.0467.